The Morgan fingerprint density at radius 2 is 1.91 bits per heavy atom. The van der Waals surface area contributed by atoms with Gasteiger partial charge >= 0.3 is 6.61 Å². The third-order valence-corrected chi connectivity index (χ3v) is 4.98. The summed E-state index contributed by atoms with van der Waals surface area (Å²) in [6.45, 7) is 4.59. The highest BCUT2D eigenvalue weighted by molar-refractivity contribution is 14.0. The third kappa shape index (κ3) is 6.14. The van der Waals surface area contributed by atoms with Crippen molar-refractivity contribution < 1.29 is 23.0 Å². The fourth-order valence-corrected chi connectivity index (χ4v) is 3.57. The zero-order valence-electron chi connectivity index (χ0n) is 18.7. The van der Waals surface area contributed by atoms with Crippen molar-refractivity contribution in [2.75, 3.05) is 13.3 Å². The molecule has 2 N–H and O–H groups in total. The van der Waals surface area contributed by atoms with Gasteiger partial charge in [-0.1, -0.05) is 13.8 Å². The normalized spacial score (nSPS) is 12.7. The van der Waals surface area contributed by atoms with Crippen molar-refractivity contribution in [1.82, 2.24) is 20.4 Å². The Labute approximate surface area is 203 Å². The second-order valence-corrected chi connectivity index (χ2v) is 6.94. The first-order valence-electron chi connectivity index (χ1n) is 10.4. The monoisotopic (exact) mass is 565 g/mol. The topological polar surface area (TPSA) is 81.9 Å². The van der Waals surface area contributed by atoms with Crippen LogP contribution in [0.5, 0.6) is 17.2 Å². The smallest absolute Gasteiger partial charge is 0.387 e. The quantitative estimate of drug-likeness (QED) is 0.274. The lowest BCUT2D eigenvalue weighted by molar-refractivity contribution is -0.0505. The molecule has 2 aromatic rings. The van der Waals surface area contributed by atoms with E-state index in [4.69, 9.17) is 9.47 Å². The van der Waals surface area contributed by atoms with Crippen molar-refractivity contribution in [2.45, 2.75) is 53.3 Å². The Hall–Kier alpha value is -2.31. The molecule has 1 aliphatic heterocycles. The predicted molar refractivity (Wildman–Crippen MR) is 128 cm³/mol. The molecule has 1 aliphatic rings. The van der Waals surface area contributed by atoms with E-state index in [1.54, 1.807) is 6.07 Å². The molecule has 0 aliphatic carbocycles. The number of alkyl halides is 2. The summed E-state index contributed by atoms with van der Waals surface area (Å²) >= 11 is 0. The van der Waals surface area contributed by atoms with Gasteiger partial charge in [-0.25, -0.2) is 4.99 Å². The number of nitrogens with one attached hydrogen (secondary N) is 2. The lowest BCUT2D eigenvalue weighted by Crippen LogP contribution is -2.37. The van der Waals surface area contributed by atoms with Crippen LogP contribution in [0.2, 0.25) is 0 Å². The molecular formula is C21H30F2IN5O3. The van der Waals surface area contributed by atoms with Gasteiger partial charge < -0.3 is 24.8 Å². The van der Waals surface area contributed by atoms with Gasteiger partial charge in [0.25, 0.3) is 0 Å². The summed E-state index contributed by atoms with van der Waals surface area (Å²) in [4.78, 5) is 4.56. The minimum absolute atomic E-state index is 0. The van der Waals surface area contributed by atoms with Gasteiger partial charge in [-0.15, -0.1) is 24.0 Å². The zero-order chi connectivity index (χ0) is 22.4. The number of guanidine groups is 1. The van der Waals surface area contributed by atoms with E-state index < -0.39 is 6.61 Å². The number of ether oxygens (including phenoxy) is 3. The largest absolute Gasteiger partial charge is 0.454 e. The summed E-state index contributed by atoms with van der Waals surface area (Å²) < 4.78 is 42.9. The van der Waals surface area contributed by atoms with Crippen LogP contribution >= 0.6 is 24.0 Å². The Bertz CT molecular complexity index is 937. The highest BCUT2D eigenvalue weighted by Gasteiger charge is 2.20. The Balaban J connectivity index is 0.00000363. The van der Waals surface area contributed by atoms with Gasteiger partial charge in [0.15, 0.2) is 17.5 Å². The van der Waals surface area contributed by atoms with Gasteiger partial charge in [0.2, 0.25) is 6.79 Å². The molecule has 0 bridgehead atoms. The van der Waals surface area contributed by atoms with Crippen LogP contribution < -0.4 is 24.8 Å². The van der Waals surface area contributed by atoms with E-state index in [0.717, 1.165) is 24.1 Å². The number of aromatic nitrogens is 2. The minimum atomic E-state index is -2.94. The molecule has 32 heavy (non-hydrogen) atoms. The summed E-state index contributed by atoms with van der Waals surface area (Å²) in [6, 6.07) is 3.04. The molecule has 0 spiro atoms. The molecule has 0 atom stereocenters. The second-order valence-electron chi connectivity index (χ2n) is 6.94. The maximum absolute atomic E-state index is 12.9. The van der Waals surface area contributed by atoms with E-state index in [9.17, 15) is 8.78 Å². The first-order valence-corrected chi connectivity index (χ1v) is 10.4. The molecule has 0 fully saturated rings. The average molecular weight is 565 g/mol. The van der Waals surface area contributed by atoms with Crippen LogP contribution in [-0.4, -0.2) is 35.7 Å². The summed E-state index contributed by atoms with van der Waals surface area (Å²) in [5.41, 5.74) is 3.85. The molecular weight excluding hydrogens is 535 g/mol. The fraction of sp³-hybridized carbons (Fsp3) is 0.524. The van der Waals surface area contributed by atoms with Crippen LogP contribution in [0.4, 0.5) is 8.78 Å². The van der Waals surface area contributed by atoms with Crippen molar-refractivity contribution in [3.8, 4) is 17.2 Å². The SMILES string of the molecule is CCNC(=NCc1cc2c(cc1OC(F)F)OCO2)NCc1c(CC)nn(C)c1CC.I. The van der Waals surface area contributed by atoms with E-state index in [1.807, 2.05) is 18.7 Å². The van der Waals surface area contributed by atoms with Gasteiger partial charge in [0.1, 0.15) is 5.75 Å². The van der Waals surface area contributed by atoms with Crippen molar-refractivity contribution in [3.63, 3.8) is 0 Å². The Kier molecular flexibility index (Phi) is 9.79. The molecule has 1 aromatic carbocycles. The van der Waals surface area contributed by atoms with Crippen molar-refractivity contribution in [3.05, 3.63) is 34.6 Å². The fourth-order valence-electron chi connectivity index (χ4n) is 3.57. The first-order chi connectivity index (χ1) is 15.0. The number of fused-ring (bicyclic) bond motifs is 1. The molecule has 11 heteroatoms. The molecule has 1 aromatic heterocycles. The zero-order valence-corrected chi connectivity index (χ0v) is 21.0. The first kappa shape index (κ1) is 25.9. The number of hydrogen-bond donors (Lipinski definition) is 2. The average Bonchev–Trinajstić information content (AvgIpc) is 3.32. The van der Waals surface area contributed by atoms with Gasteiger partial charge in [0.05, 0.1) is 12.2 Å². The summed E-state index contributed by atoms with van der Waals surface area (Å²) in [7, 11) is 1.95. The lowest BCUT2D eigenvalue weighted by atomic mass is 10.1. The molecule has 0 radical (unpaired) electrons. The molecule has 0 amide bonds. The van der Waals surface area contributed by atoms with E-state index in [1.165, 1.54) is 11.8 Å². The predicted octanol–water partition coefficient (Wildman–Crippen LogP) is 3.75. The van der Waals surface area contributed by atoms with Crippen LogP contribution in [0.15, 0.2) is 17.1 Å². The second kappa shape index (κ2) is 12.1. The van der Waals surface area contributed by atoms with Gasteiger partial charge in [-0.2, -0.15) is 13.9 Å². The van der Waals surface area contributed by atoms with Crippen LogP contribution in [-0.2, 0) is 33.0 Å². The number of halogens is 3. The Morgan fingerprint density at radius 3 is 2.53 bits per heavy atom. The van der Waals surface area contributed by atoms with E-state index in [2.05, 4.69) is 39.3 Å². The third-order valence-electron chi connectivity index (χ3n) is 4.98. The molecule has 0 saturated carbocycles. The molecule has 3 rings (SSSR count). The summed E-state index contributed by atoms with van der Waals surface area (Å²) in [5.74, 6) is 1.45. The Morgan fingerprint density at radius 1 is 1.19 bits per heavy atom. The number of nitrogens with zero attached hydrogens (tertiary/aromatic N) is 3. The van der Waals surface area contributed by atoms with E-state index >= 15 is 0 Å². The van der Waals surface area contributed by atoms with Crippen molar-refractivity contribution >= 4 is 29.9 Å². The van der Waals surface area contributed by atoms with Crippen LogP contribution in [0.1, 0.15) is 43.3 Å². The number of aryl methyl sites for hydroxylation is 2. The number of rotatable bonds is 9. The number of hydrogen-bond acceptors (Lipinski definition) is 5. The number of aliphatic imine (C=N–C) groups is 1. The molecule has 8 nitrogen and oxygen atoms in total. The van der Waals surface area contributed by atoms with Crippen LogP contribution in [0, 0.1) is 0 Å². The molecule has 2 heterocycles. The molecule has 0 saturated heterocycles. The maximum atomic E-state index is 12.9. The molecule has 0 unspecified atom stereocenters. The van der Waals surface area contributed by atoms with Crippen molar-refractivity contribution in [2.24, 2.45) is 12.0 Å². The van der Waals surface area contributed by atoms with Gasteiger partial charge in [-0.3, -0.25) is 4.68 Å². The van der Waals surface area contributed by atoms with Crippen LogP contribution in [0.25, 0.3) is 0 Å². The summed E-state index contributed by atoms with van der Waals surface area (Å²) in [6.07, 6.45) is 1.71. The van der Waals surface area contributed by atoms with Crippen LogP contribution in [0.3, 0.4) is 0 Å². The summed E-state index contributed by atoms with van der Waals surface area (Å²) in [5, 5.41) is 11.1. The lowest BCUT2D eigenvalue weighted by Gasteiger charge is -2.14. The van der Waals surface area contributed by atoms with E-state index in [-0.39, 0.29) is 43.1 Å². The standard InChI is InChI=1S/C21H29F2N5O3.HI/c1-5-15-14(16(6-2)28(4)27-15)11-26-21(24-7-3)25-10-13-8-18-19(30-12-29-18)9-17(13)31-20(22)23;/h8-9,20H,5-7,10-12H2,1-4H3,(H2,24,25,26);1H. The van der Waals surface area contributed by atoms with Crippen molar-refractivity contribution in [1.29, 1.82) is 0 Å². The van der Waals surface area contributed by atoms with E-state index in [0.29, 0.717) is 36.1 Å². The van der Waals surface area contributed by atoms with Gasteiger partial charge in [-0.05, 0) is 25.8 Å². The highest BCUT2D eigenvalue weighted by Crippen LogP contribution is 2.39. The highest BCUT2D eigenvalue weighted by atomic mass is 127. The minimum Gasteiger partial charge on any atom is -0.454 e. The van der Waals surface area contributed by atoms with Gasteiger partial charge in [0, 0.05) is 43.0 Å². The molecule has 178 valence electrons. The number of benzene rings is 1. The maximum Gasteiger partial charge on any atom is 0.387 e.